The van der Waals surface area contributed by atoms with Gasteiger partial charge in [-0.25, -0.2) is 0 Å². The van der Waals surface area contributed by atoms with Crippen LogP contribution in [0.5, 0.6) is 5.75 Å². The van der Waals surface area contributed by atoms with Crippen LogP contribution in [0.2, 0.25) is 5.02 Å². The van der Waals surface area contributed by atoms with Crippen molar-refractivity contribution in [2.75, 3.05) is 20.7 Å². The van der Waals surface area contributed by atoms with Crippen molar-refractivity contribution in [2.45, 2.75) is 6.10 Å². The monoisotopic (exact) mass is 319 g/mol. The molecule has 0 radical (unpaired) electrons. The molecule has 2 rings (SSSR count). The number of aliphatic hydroxyl groups is 1. The lowest BCUT2D eigenvalue weighted by molar-refractivity contribution is 0.0681. The molecule has 0 aromatic heterocycles. The first-order valence-electron chi connectivity index (χ1n) is 6.84. The fraction of sp³-hybridized carbons (Fsp3) is 0.235. The van der Waals surface area contributed by atoms with E-state index in [-0.39, 0.29) is 12.5 Å². The van der Waals surface area contributed by atoms with Crippen LogP contribution < -0.4 is 4.74 Å². The lowest BCUT2D eigenvalue weighted by atomic mass is 10.1. The van der Waals surface area contributed by atoms with Gasteiger partial charge in [0.15, 0.2) is 0 Å². The summed E-state index contributed by atoms with van der Waals surface area (Å²) in [6.07, 6.45) is -0.757. The zero-order valence-electron chi connectivity index (χ0n) is 12.5. The lowest BCUT2D eigenvalue weighted by Crippen LogP contribution is -2.31. The standard InChI is InChI=1S/C17H18ClNO3/c1-19(17(21)13-3-7-14(18)8-4-13)11-16(20)12-5-9-15(22-2)10-6-12/h3-10,16,20H,11H2,1-2H3. The summed E-state index contributed by atoms with van der Waals surface area (Å²) in [7, 11) is 3.24. The minimum atomic E-state index is -0.757. The van der Waals surface area contributed by atoms with Gasteiger partial charge in [-0.05, 0) is 42.0 Å². The number of nitrogens with zero attached hydrogens (tertiary/aromatic N) is 1. The SMILES string of the molecule is COc1ccc(C(O)CN(C)C(=O)c2ccc(Cl)cc2)cc1. The van der Waals surface area contributed by atoms with Crippen LogP contribution in [0.3, 0.4) is 0 Å². The number of rotatable bonds is 5. The fourth-order valence-electron chi connectivity index (χ4n) is 2.09. The Bertz CT molecular complexity index is 625. The highest BCUT2D eigenvalue weighted by molar-refractivity contribution is 6.30. The van der Waals surface area contributed by atoms with Gasteiger partial charge in [0.25, 0.3) is 5.91 Å². The Hall–Kier alpha value is -2.04. The molecule has 1 unspecified atom stereocenters. The molecule has 2 aromatic carbocycles. The summed E-state index contributed by atoms with van der Waals surface area (Å²) in [5.41, 5.74) is 1.27. The molecule has 0 heterocycles. The number of methoxy groups -OCH3 is 1. The molecule has 0 saturated heterocycles. The van der Waals surface area contributed by atoms with Crippen molar-refractivity contribution in [3.63, 3.8) is 0 Å². The highest BCUT2D eigenvalue weighted by atomic mass is 35.5. The number of amides is 1. The molecular weight excluding hydrogens is 302 g/mol. The van der Waals surface area contributed by atoms with Gasteiger partial charge in [0, 0.05) is 17.6 Å². The van der Waals surface area contributed by atoms with Crippen LogP contribution in [0.15, 0.2) is 48.5 Å². The van der Waals surface area contributed by atoms with Gasteiger partial charge < -0.3 is 14.7 Å². The Balaban J connectivity index is 2.01. The van der Waals surface area contributed by atoms with Crippen LogP contribution >= 0.6 is 11.6 Å². The number of ether oxygens (including phenoxy) is 1. The second kappa shape index (κ2) is 7.29. The van der Waals surface area contributed by atoms with E-state index >= 15 is 0 Å². The number of likely N-dealkylation sites (N-methyl/N-ethyl adjacent to an activating group) is 1. The van der Waals surface area contributed by atoms with Gasteiger partial charge in [0.05, 0.1) is 19.8 Å². The molecule has 1 amide bonds. The number of hydrogen-bond donors (Lipinski definition) is 1. The molecule has 116 valence electrons. The Kier molecular flexibility index (Phi) is 5.41. The van der Waals surface area contributed by atoms with Crippen LogP contribution in [0.1, 0.15) is 22.0 Å². The molecule has 0 bridgehead atoms. The molecule has 0 fully saturated rings. The minimum absolute atomic E-state index is 0.163. The topological polar surface area (TPSA) is 49.8 Å². The van der Waals surface area contributed by atoms with E-state index in [0.29, 0.717) is 10.6 Å². The second-order valence-electron chi connectivity index (χ2n) is 4.98. The van der Waals surface area contributed by atoms with Crippen molar-refractivity contribution in [1.29, 1.82) is 0 Å². The lowest BCUT2D eigenvalue weighted by Gasteiger charge is -2.21. The first kappa shape index (κ1) is 16.3. The van der Waals surface area contributed by atoms with Crippen molar-refractivity contribution in [2.24, 2.45) is 0 Å². The third kappa shape index (κ3) is 4.00. The van der Waals surface area contributed by atoms with E-state index in [1.807, 2.05) is 0 Å². The average molecular weight is 320 g/mol. The van der Waals surface area contributed by atoms with Gasteiger partial charge in [-0.3, -0.25) is 4.79 Å². The molecule has 1 atom stereocenters. The molecule has 4 nitrogen and oxygen atoms in total. The van der Waals surface area contributed by atoms with E-state index in [0.717, 1.165) is 11.3 Å². The molecule has 1 N–H and O–H groups in total. The summed E-state index contributed by atoms with van der Waals surface area (Å²) in [5.74, 6) is 0.561. The molecule has 2 aromatic rings. The number of aliphatic hydroxyl groups excluding tert-OH is 1. The number of benzene rings is 2. The molecule has 0 aliphatic heterocycles. The minimum Gasteiger partial charge on any atom is -0.497 e. The molecule has 0 aliphatic carbocycles. The zero-order valence-corrected chi connectivity index (χ0v) is 13.2. The van der Waals surface area contributed by atoms with Crippen LogP contribution in [-0.4, -0.2) is 36.6 Å². The Morgan fingerprint density at radius 3 is 2.32 bits per heavy atom. The van der Waals surface area contributed by atoms with E-state index in [1.165, 1.54) is 4.90 Å². The first-order chi connectivity index (χ1) is 10.5. The number of carbonyl (C=O) groups is 1. The normalized spacial score (nSPS) is 11.8. The Morgan fingerprint density at radius 2 is 1.77 bits per heavy atom. The second-order valence-corrected chi connectivity index (χ2v) is 5.42. The van der Waals surface area contributed by atoms with E-state index in [9.17, 15) is 9.90 Å². The van der Waals surface area contributed by atoms with Gasteiger partial charge >= 0.3 is 0 Å². The average Bonchev–Trinajstić information content (AvgIpc) is 2.54. The number of carbonyl (C=O) groups excluding carboxylic acids is 1. The Morgan fingerprint density at radius 1 is 1.18 bits per heavy atom. The highest BCUT2D eigenvalue weighted by Gasteiger charge is 2.16. The van der Waals surface area contributed by atoms with Crippen molar-refractivity contribution >= 4 is 17.5 Å². The van der Waals surface area contributed by atoms with E-state index < -0.39 is 6.10 Å². The third-order valence-electron chi connectivity index (χ3n) is 3.39. The molecule has 0 spiro atoms. The predicted octanol–water partition coefficient (Wildman–Crippen LogP) is 3.15. The van der Waals surface area contributed by atoms with Crippen molar-refractivity contribution in [3.8, 4) is 5.75 Å². The number of halogens is 1. The molecule has 0 saturated carbocycles. The van der Waals surface area contributed by atoms with Gasteiger partial charge in [0.1, 0.15) is 5.75 Å². The van der Waals surface area contributed by atoms with Crippen LogP contribution in [0, 0.1) is 0 Å². The highest BCUT2D eigenvalue weighted by Crippen LogP contribution is 2.19. The summed E-state index contributed by atoms with van der Waals surface area (Å²) in [6, 6.07) is 13.8. The molecule has 22 heavy (non-hydrogen) atoms. The first-order valence-corrected chi connectivity index (χ1v) is 7.22. The van der Waals surface area contributed by atoms with Gasteiger partial charge in [-0.2, -0.15) is 0 Å². The van der Waals surface area contributed by atoms with Crippen molar-refractivity contribution in [1.82, 2.24) is 4.90 Å². The summed E-state index contributed by atoms with van der Waals surface area (Å²) in [6.45, 7) is 0.202. The van der Waals surface area contributed by atoms with Crippen LogP contribution in [0.4, 0.5) is 0 Å². The van der Waals surface area contributed by atoms with E-state index in [4.69, 9.17) is 16.3 Å². The third-order valence-corrected chi connectivity index (χ3v) is 3.64. The molecule has 5 heteroatoms. The maximum Gasteiger partial charge on any atom is 0.253 e. The van der Waals surface area contributed by atoms with Crippen molar-refractivity contribution < 1.29 is 14.6 Å². The fourth-order valence-corrected chi connectivity index (χ4v) is 2.21. The van der Waals surface area contributed by atoms with E-state index in [2.05, 4.69) is 0 Å². The number of hydrogen-bond acceptors (Lipinski definition) is 3. The maximum atomic E-state index is 12.3. The van der Waals surface area contributed by atoms with Gasteiger partial charge in [-0.1, -0.05) is 23.7 Å². The summed E-state index contributed by atoms with van der Waals surface area (Å²) >= 11 is 5.81. The zero-order chi connectivity index (χ0) is 16.1. The van der Waals surface area contributed by atoms with Crippen LogP contribution in [-0.2, 0) is 0 Å². The largest absolute Gasteiger partial charge is 0.497 e. The van der Waals surface area contributed by atoms with Gasteiger partial charge in [0.2, 0.25) is 0 Å². The van der Waals surface area contributed by atoms with E-state index in [1.54, 1.807) is 62.7 Å². The Labute approximate surface area is 134 Å². The smallest absolute Gasteiger partial charge is 0.253 e. The maximum absolute atomic E-state index is 12.3. The van der Waals surface area contributed by atoms with Crippen LogP contribution in [0.25, 0.3) is 0 Å². The summed E-state index contributed by atoms with van der Waals surface area (Å²) < 4.78 is 5.08. The van der Waals surface area contributed by atoms with Gasteiger partial charge in [-0.15, -0.1) is 0 Å². The summed E-state index contributed by atoms with van der Waals surface area (Å²) in [5, 5.41) is 10.8. The van der Waals surface area contributed by atoms with Crippen molar-refractivity contribution in [3.05, 3.63) is 64.7 Å². The quantitative estimate of drug-likeness (QED) is 0.921. The molecular formula is C17H18ClNO3. The predicted molar refractivity (Wildman–Crippen MR) is 86.4 cm³/mol. The molecule has 0 aliphatic rings. The summed E-state index contributed by atoms with van der Waals surface area (Å²) in [4.78, 5) is 13.8.